The smallest absolute Gasteiger partial charge is 0.163 e. The molecular weight excluding hydrogens is 230 g/mol. The quantitative estimate of drug-likeness (QED) is 0.657. The van der Waals surface area contributed by atoms with Gasteiger partial charge in [0.25, 0.3) is 0 Å². The first kappa shape index (κ1) is 12.7. The second-order valence-corrected chi connectivity index (χ2v) is 5.45. The van der Waals surface area contributed by atoms with Crippen molar-refractivity contribution in [1.82, 2.24) is 5.32 Å². The zero-order valence-electron chi connectivity index (χ0n) is 10.2. The molecule has 1 aliphatic rings. The van der Waals surface area contributed by atoms with Crippen LogP contribution in [0.2, 0.25) is 0 Å². The van der Waals surface area contributed by atoms with Crippen LogP contribution in [0.4, 0.5) is 0 Å². The number of ketones is 1. The lowest BCUT2D eigenvalue weighted by Gasteiger charge is -2.21. The van der Waals surface area contributed by atoms with Gasteiger partial charge in [0.2, 0.25) is 0 Å². The zero-order valence-corrected chi connectivity index (χ0v) is 11.1. The summed E-state index contributed by atoms with van der Waals surface area (Å²) < 4.78 is 0. The first-order valence-electron chi connectivity index (χ1n) is 6.17. The standard InChI is InChI=1S/C14H19NOS/c1-17-13-6-4-12(5-7-13)14(16)9-11-3-2-8-15-10-11/h4-7,11,15H,2-3,8-10H2,1H3. The molecule has 92 valence electrons. The molecule has 1 unspecified atom stereocenters. The number of hydrogen-bond donors (Lipinski definition) is 1. The monoisotopic (exact) mass is 249 g/mol. The molecule has 0 amide bonds. The molecule has 1 fully saturated rings. The van der Waals surface area contributed by atoms with E-state index in [2.05, 4.69) is 5.32 Å². The highest BCUT2D eigenvalue weighted by atomic mass is 32.2. The molecule has 1 atom stereocenters. The van der Waals surface area contributed by atoms with Gasteiger partial charge in [-0.2, -0.15) is 0 Å². The van der Waals surface area contributed by atoms with Gasteiger partial charge in [0, 0.05) is 16.9 Å². The van der Waals surface area contributed by atoms with Crippen LogP contribution in [0.1, 0.15) is 29.6 Å². The normalized spacial score (nSPS) is 20.2. The number of piperidine rings is 1. The van der Waals surface area contributed by atoms with Crippen LogP contribution in [0.3, 0.4) is 0 Å². The first-order chi connectivity index (χ1) is 8.29. The Balaban J connectivity index is 1.93. The molecular formula is C14H19NOS. The Morgan fingerprint density at radius 1 is 1.41 bits per heavy atom. The molecule has 2 nitrogen and oxygen atoms in total. The number of nitrogens with one attached hydrogen (secondary N) is 1. The van der Waals surface area contributed by atoms with Gasteiger partial charge in [-0.1, -0.05) is 12.1 Å². The fourth-order valence-corrected chi connectivity index (χ4v) is 2.66. The maximum atomic E-state index is 12.1. The summed E-state index contributed by atoms with van der Waals surface area (Å²) in [7, 11) is 0. The molecule has 0 aliphatic carbocycles. The summed E-state index contributed by atoms with van der Waals surface area (Å²) in [5, 5.41) is 3.35. The van der Waals surface area contributed by atoms with Crippen LogP contribution in [0.15, 0.2) is 29.2 Å². The molecule has 1 aromatic rings. The Morgan fingerprint density at radius 2 is 2.18 bits per heavy atom. The van der Waals surface area contributed by atoms with Crippen molar-refractivity contribution in [3.63, 3.8) is 0 Å². The lowest BCUT2D eigenvalue weighted by Crippen LogP contribution is -2.31. The average Bonchev–Trinajstić information content (AvgIpc) is 2.40. The van der Waals surface area contributed by atoms with Crippen molar-refractivity contribution in [3.05, 3.63) is 29.8 Å². The average molecular weight is 249 g/mol. The number of thioether (sulfide) groups is 1. The van der Waals surface area contributed by atoms with E-state index in [9.17, 15) is 4.79 Å². The van der Waals surface area contributed by atoms with Crippen LogP contribution in [0.25, 0.3) is 0 Å². The third-order valence-electron chi connectivity index (χ3n) is 3.29. The molecule has 0 bridgehead atoms. The molecule has 0 saturated carbocycles. The van der Waals surface area contributed by atoms with Gasteiger partial charge in [0.15, 0.2) is 5.78 Å². The SMILES string of the molecule is CSc1ccc(C(=O)CC2CCCNC2)cc1. The third-order valence-corrected chi connectivity index (χ3v) is 4.03. The van der Waals surface area contributed by atoms with Crippen molar-refractivity contribution in [2.45, 2.75) is 24.2 Å². The summed E-state index contributed by atoms with van der Waals surface area (Å²) in [6.45, 7) is 2.10. The molecule has 1 heterocycles. The second kappa shape index (κ2) is 6.22. The largest absolute Gasteiger partial charge is 0.316 e. The summed E-state index contributed by atoms with van der Waals surface area (Å²) in [6, 6.07) is 7.95. The predicted octanol–water partition coefficient (Wildman–Crippen LogP) is 2.98. The Hall–Kier alpha value is -0.800. The van der Waals surface area contributed by atoms with Crippen LogP contribution in [0, 0.1) is 5.92 Å². The summed E-state index contributed by atoms with van der Waals surface area (Å²) in [4.78, 5) is 13.3. The van der Waals surface area contributed by atoms with Crippen molar-refractivity contribution in [2.75, 3.05) is 19.3 Å². The molecule has 0 radical (unpaired) electrons. The van der Waals surface area contributed by atoms with E-state index < -0.39 is 0 Å². The van der Waals surface area contributed by atoms with Crippen molar-refractivity contribution in [3.8, 4) is 0 Å². The van der Waals surface area contributed by atoms with Gasteiger partial charge in [0.05, 0.1) is 0 Å². The lowest BCUT2D eigenvalue weighted by molar-refractivity contribution is 0.0954. The number of benzene rings is 1. The Labute approximate surface area is 107 Å². The summed E-state index contributed by atoms with van der Waals surface area (Å²) in [6.07, 6.45) is 5.11. The fraction of sp³-hybridized carbons (Fsp3) is 0.500. The Bertz CT molecular complexity index is 368. The molecule has 2 rings (SSSR count). The number of carbonyl (C=O) groups excluding carboxylic acids is 1. The maximum Gasteiger partial charge on any atom is 0.163 e. The van der Waals surface area contributed by atoms with Crippen LogP contribution < -0.4 is 5.32 Å². The molecule has 3 heteroatoms. The van der Waals surface area contributed by atoms with E-state index in [0.29, 0.717) is 12.3 Å². The fourth-order valence-electron chi connectivity index (χ4n) is 2.26. The van der Waals surface area contributed by atoms with Crippen molar-refractivity contribution >= 4 is 17.5 Å². The van der Waals surface area contributed by atoms with Gasteiger partial charge < -0.3 is 5.32 Å². The van der Waals surface area contributed by atoms with Crippen LogP contribution in [-0.2, 0) is 0 Å². The Kier molecular flexibility index (Phi) is 4.63. The minimum atomic E-state index is 0.284. The van der Waals surface area contributed by atoms with Gasteiger partial charge >= 0.3 is 0 Å². The van der Waals surface area contributed by atoms with Crippen molar-refractivity contribution < 1.29 is 4.79 Å². The van der Waals surface area contributed by atoms with Gasteiger partial charge in [-0.15, -0.1) is 11.8 Å². The van der Waals surface area contributed by atoms with Crippen LogP contribution in [0.5, 0.6) is 0 Å². The van der Waals surface area contributed by atoms with E-state index in [4.69, 9.17) is 0 Å². The summed E-state index contributed by atoms with van der Waals surface area (Å²) in [5.41, 5.74) is 0.855. The van der Waals surface area contributed by atoms with Gasteiger partial charge in [0.1, 0.15) is 0 Å². The number of Topliss-reactive ketones (excluding diaryl/α,β-unsaturated/α-hetero) is 1. The number of hydrogen-bond acceptors (Lipinski definition) is 3. The first-order valence-corrected chi connectivity index (χ1v) is 7.40. The molecule has 0 aromatic heterocycles. The van der Waals surface area contributed by atoms with Crippen LogP contribution >= 0.6 is 11.8 Å². The van der Waals surface area contributed by atoms with Gasteiger partial charge in [-0.05, 0) is 50.2 Å². The van der Waals surface area contributed by atoms with E-state index in [1.165, 1.54) is 17.7 Å². The van der Waals surface area contributed by atoms with Gasteiger partial charge in [-0.3, -0.25) is 4.79 Å². The topological polar surface area (TPSA) is 29.1 Å². The lowest BCUT2D eigenvalue weighted by atomic mass is 9.92. The van der Waals surface area contributed by atoms with Gasteiger partial charge in [-0.25, -0.2) is 0 Å². The highest BCUT2D eigenvalue weighted by molar-refractivity contribution is 7.98. The highest BCUT2D eigenvalue weighted by Crippen LogP contribution is 2.19. The van der Waals surface area contributed by atoms with E-state index >= 15 is 0 Å². The molecule has 1 aromatic carbocycles. The second-order valence-electron chi connectivity index (χ2n) is 4.57. The number of rotatable bonds is 4. The van der Waals surface area contributed by atoms with Crippen LogP contribution in [-0.4, -0.2) is 25.1 Å². The highest BCUT2D eigenvalue weighted by Gasteiger charge is 2.17. The molecule has 1 N–H and O–H groups in total. The molecule has 1 saturated heterocycles. The van der Waals surface area contributed by atoms with E-state index in [0.717, 1.165) is 18.7 Å². The Morgan fingerprint density at radius 3 is 2.76 bits per heavy atom. The predicted molar refractivity (Wildman–Crippen MR) is 72.8 cm³/mol. The maximum absolute atomic E-state index is 12.1. The molecule has 1 aliphatic heterocycles. The third kappa shape index (κ3) is 3.58. The molecule has 0 spiro atoms. The minimum absolute atomic E-state index is 0.284. The number of carbonyl (C=O) groups is 1. The zero-order chi connectivity index (χ0) is 12.1. The van der Waals surface area contributed by atoms with E-state index in [1.54, 1.807) is 11.8 Å². The minimum Gasteiger partial charge on any atom is -0.316 e. The van der Waals surface area contributed by atoms with E-state index in [1.807, 2.05) is 30.5 Å². The summed E-state index contributed by atoms with van der Waals surface area (Å²) >= 11 is 1.70. The van der Waals surface area contributed by atoms with Crippen molar-refractivity contribution in [2.24, 2.45) is 5.92 Å². The molecule has 17 heavy (non-hydrogen) atoms. The van der Waals surface area contributed by atoms with Crippen molar-refractivity contribution in [1.29, 1.82) is 0 Å². The summed E-state index contributed by atoms with van der Waals surface area (Å²) in [5.74, 6) is 0.808. The van der Waals surface area contributed by atoms with E-state index in [-0.39, 0.29) is 5.78 Å².